The highest BCUT2D eigenvalue weighted by Crippen LogP contribution is 2.17. The molecule has 0 heterocycles. The third kappa shape index (κ3) is 50.8. The maximum Gasteiger partial charge on any atom is 0.220 e. The van der Waals surface area contributed by atoms with Crippen LogP contribution in [-0.2, 0) is 4.79 Å². The van der Waals surface area contributed by atoms with Crippen LogP contribution >= 0.6 is 0 Å². The van der Waals surface area contributed by atoms with Crippen LogP contribution in [0.3, 0.4) is 0 Å². The van der Waals surface area contributed by atoms with Gasteiger partial charge in [0.15, 0.2) is 0 Å². The van der Waals surface area contributed by atoms with E-state index in [1.807, 2.05) is 6.08 Å². The first-order valence-corrected chi connectivity index (χ1v) is 28.2. The summed E-state index contributed by atoms with van der Waals surface area (Å²) < 4.78 is 0. The minimum atomic E-state index is -0.869. The van der Waals surface area contributed by atoms with Gasteiger partial charge in [0, 0.05) is 6.42 Å². The lowest BCUT2D eigenvalue weighted by molar-refractivity contribution is -0.123. The fraction of sp³-hybridized carbons (Fsp3) is 0.783. The maximum atomic E-state index is 12.5. The van der Waals surface area contributed by atoms with E-state index in [0.717, 1.165) is 57.8 Å². The summed E-state index contributed by atoms with van der Waals surface area (Å²) in [6, 6.07) is -0.646. The highest BCUT2D eigenvalue weighted by molar-refractivity contribution is 5.76. The van der Waals surface area contributed by atoms with Gasteiger partial charge >= 0.3 is 0 Å². The van der Waals surface area contributed by atoms with Crippen molar-refractivity contribution in [1.29, 1.82) is 0 Å². The summed E-state index contributed by atoms with van der Waals surface area (Å²) in [6.45, 7) is 4.20. The molecule has 0 aromatic rings. The molecule has 0 saturated heterocycles. The molecular formula is C60H109NO3. The van der Waals surface area contributed by atoms with E-state index < -0.39 is 12.1 Å². The maximum absolute atomic E-state index is 12.5. The van der Waals surface area contributed by atoms with Crippen molar-refractivity contribution in [3.05, 3.63) is 72.9 Å². The van der Waals surface area contributed by atoms with Crippen LogP contribution in [0.2, 0.25) is 0 Å². The molecule has 0 bridgehead atoms. The molecule has 4 heteroatoms. The predicted molar refractivity (Wildman–Crippen MR) is 285 cm³/mol. The minimum absolute atomic E-state index is 0.0784. The third-order valence-corrected chi connectivity index (χ3v) is 12.7. The number of hydrogen-bond donors (Lipinski definition) is 3. The summed E-state index contributed by atoms with van der Waals surface area (Å²) in [4.78, 5) is 12.5. The van der Waals surface area contributed by atoms with Gasteiger partial charge in [0.05, 0.1) is 18.8 Å². The Labute approximate surface area is 399 Å². The molecular weight excluding hydrogens is 783 g/mol. The van der Waals surface area contributed by atoms with Crippen molar-refractivity contribution < 1.29 is 15.0 Å². The van der Waals surface area contributed by atoms with Gasteiger partial charge in [-0.05, 0) is 70.6 Å². The molecule has 0 aliphatic heterocycles. The Balaban J connectivity index is 3.54. The lowest BCUT2D eigenvalue weighted by Crippen LogP contribution is -2.45. The number of aliphatic hydroxyl groups is 2. The van der Waals surface area contributed by atoms with Crippen LogP contribution in [-0.4, -0.2) is 34.9 Å². The van der Waals surface area contributed by atoms with Crippen LogP contribution in [0.4, 0.5) is 0 Å². The van der Waals surface area contributed by atoms with Gasteiger partial charge in [0.1, 0.15) is 0 Å². The number of nitrogens with one attached hydrogen (secondary N) is 1. The molecule has 0 spiro atoms. The zero-order valence-electron chi connectivity index (χ0n) is 42.8. The Bertz CT molecular complexity index is 1100. The van der Waals surface area contributed by atoms with Gasteiger partial charge in [0.25, 0.3) is 0 Å². The lowest BCUT2D eigenvalue weighted by Gasteiger charge is -2.19. The number of carbonyl (C=O) groups is 1. The predicted octanol–water partition coefficient (Wildman–Crippen LogP) is 18.6. The molecule has 0 aromatic heterocycles. The largest absolute Gasteiger partial charge is 0.394 e. The summed E-state index contributed by atoms with van der Waals surface area (Å²) in [5.74, 6) is -0.0784. The molecule has 64 heavy (non-hydrogen) atoms. The molecule has 3 N–H and O–H groups in total. The zero-order valence-corrected chi connectivity index (χ0v) is 42.8. The Kier molecular flexibility index (Phi) is 53.3. The second kappa shape index (κ2) is 55.2. The number of rotatable bonds is 51. The molecule has 2 atom stereocenters. The van der Waals surface area contributed by atoms with E-state index in [4.69, 9.17) is 0 Å². The molecule has 0 rings (SSSR count). The van der Waals surface area contributed by atoms with Crippen LogP contribution < -0.4 is 5.32 Å². The molecule has 2 unspecified atom stereocenters. The number of hydrogen-bond acceptors (Lipinski definition) is 3. The van der Waals surface area contributed by atoms with Gasteiger partial charge < -0.3 is 15.5 Å². The minimum Gasteiger partial charge on any atom is -0.394 e. The number of amides is 1. The molecule has 1 amide bonds. The first kappa shape index (κ1) is 61.8. The second-order valence-electron chi connectivity index (χ2n) is 19.0. The summed E-state index contributed by atoms with van der Waals surface area (Å²) >= 11 is 0. The smallest absolute Gasteiger partial charge is 0.220 e. The van der Waals surface area contributed by atoms with Gasteiger partial charge in [-0.1, -0.05) is 279 Å². The van der Waals surface area contributed by atoms with Crippen LogP contribution in [0.5, 0.6) is 0 Å². The number of allylic oxidation sites excluding steroid dienone is 11. The molecule has 0 saturated carbocycles. The highest BCUT2D eigenvalue weighted by Gasteiger charge is 2.18. The van der Waals surface area contributed by atoms with Gasteiger partial charge in [-0.2, -0.15) is 0 Å². The number of carbonyl (C=O) groups excluding carboxylic acids is 1. The average molecular weight is 893 g/mol. The first-order valence-electron chi connectivity index (χ1n) is 28.2. The van der Waals surface area contributed by atoms with Gasteiger partial charge in [0.2, 0.25) is 5.91 Å². The Morgan fingerprint density at radius 2 is 0.703 bits per heavy atom. The summed E-state index contributed by atoms with van der Waals surface area (Å²) in [7, 11) is 0. The Morgan fingerprint density at radius 3 is 1.09 bits per heavy atom. The molecule has 372 valence electrons. The summed E-state index contributed by atoms with van der Waals surface area (Å²) in [5.41, 5.74) is 0. The average Bonchev–Trinajstić information content (AvgIpc) is 3.30. The lowest BCUT2D eigenvalue weighted by atomic mass is 10.0. The van der Waals surface area contributed by atoms with E-state index in [0.29, 0.717) is 6.42 Å². The van der Waals surface area contributed by atoms with Crippen molar-refractivity contribution in [1.82, 2.24) is 5.32 Å². The van der Waals surface area contributed by atoms with Crippen LogP contribution in [0.1, 0.15) is 284 Å². The molecule has 0 fully saturated rings. The van der Waals surface area contributed by atoms with Gasteiger partial charge in [-0.15, -0.1) is 0 Å². The summed E-state index contributed by atoms with van der Waals surface area (Å²) in [6.07, 6.45) is 79.2. The van der Waals surface area contributed by atoms with Crippen molar-refractivity contribution in [3.63, 3.8) is 0 Å². The monoisotopic (exact) mass is 892 g/mol. The fourth-order valence-corrected chi connectivity index (χ4v) is 8.42. The standard InChI is InChI=1S/C60H109NO3/c1-3-5-7-9-11-13-15-17-19-21-23-25-27-28-29-30-31-32-34-35-37-39-41-43-45-47-49-51-53-55-59(63)58(57-62)61-60(64)56-54-52-50-48-46-44-42-40-38-36-33-26-24-22-20-18-16-14-12-10-8-6-4-2/h6,8,12,14,18,20,24,26,45,47,53,55,58-59,62-63H,3-5,7,9-11,13,15-17,19,21-23,25,27-44,46,48-52,54,56-57H2,1-2H3,(H,61,64)/b8-6-,14-12-,20-18-,26-24-,47-45+,55-53+. The number of unbranched alkanes of at least 4 members (excludes halogenated alkanes) is 34. The van der Waals surface area contributed by atoms with Crippen LogP contribution in [0, 0.1) is 0 Å². The topological polar surface area (TPSA) is 69.6 Å². The normalized spacial score (nSPS) is 13.4. The van der Waals surface area contributed by atoms with Crippen molar-refractivity contribution in [2.24, 2.45) is 0 Å². The van der Waals surface area contributed by atoms with E-state index in [9.17, 15) is 15.0 Å². The fourth-order valence-electron chi connectivity index (χ4n) is 8.42. The summed E-state index contributed by atoms with van der Waals surface area (Å²) in [5, 5.41) is 23.2. The van der Waals surface area contributed by atoms with Crippen molar-refractivity contribution in [3.8, 4) is 0 Å². The Hall–Kier alpha value is -2.17. The van der Waals surface area contributed by atoms with Crippen LogP contribution in [0.25, 0.3) is 0 Å². The van der Waals surface area contributed by atoms with Gasteiger partial charge in [-0.25, -0.2) is 0 Å². The third-order valence-electron chi connectivity index (χ3n) is 12.7. The van der Waals surface area contributed by atoms with Crippen molar-refractivity contribution in [2.75, 3.05) is 6.61 Å². The molecule has 4 nitrogen and oxygen atoms in total. The Morgan fingerprint density at radius 1 is 0.391 bits per heavy atom. The molecule has 0 aromatic carbocycles. The molecule has 0 aliphatic carbocycles. The van der Waals surface area contributed by atoms with E-state index in [-0.39, 0.29) is 12.5 Å². The van der Waals surface area contributed by atoms with E-state index >= 15 is 0 Å². The van der Waals surface area contributed by atoms with E-state index in [1.165, 1.54) is 205 Å². The first-order chi connectivity index (χ1) is 31.7. The van der Waals surface area contributed by atoms with E-state index in [2.05, 4.69) is 79.9 Å². The zero-order chi connectivity index (χ0) is 46.3. The molecule has 0 aliphatic rings. The second-order valence-corrected chi connectivity index (χ2v) is 19.0. The quantitative estimate of drug-likeness (QED) is 0.0421. The SMILES string of the molecule is CC/C=C\C/C=C\C/C=C\C/C=C\CCCCCCCCCCCCC(=O)NC(CO)C(O)/C=C/CC/C=C/CCCCCCCCCCCCCCCCCCCCCCCCC. The van der Waals surface area contributed by atoms with Gasteiger partial charge in [-0.3, -0.25) is 4.79 Å². The van der Waals surface area contributed by atoms with E-state index in [1.54, 1.807) is 6.08 Å². The number of aliphatic hydroxyl groups excluding tert-OH is 2. The van der Waals surface area contributed by atoms with Crippen molar-refractivity contribution >= 4 is 5.91 Å². The van der Waals surface area contributed by atoms with Crippen LogP contribution in [0.15, 0.2) is 72.9 Å². The molecule has 0 radical (unpaired) electrons. The van der Waals surface area contributed by atoms with Crippen molar-refractivity contribution in [2.45, 2.75) is 296 Å². The highest BCUT2D eigenvalue weighted by atomic mass is 16.3.